The smallest absolute Gasteiger partial charge is 0.253 e. The number of aryl methyl sites for hydroxylation is 2. The lowest BCUT2D eigenvalue weighted by atomic mass is 9.95. The highest BCUT2D eigenvalue weighted by Crippen LogP contribution is 2.23. The standard InChI is InChI=1S/C24H31N3O2/c1-4-25-15-19-8-5-6-10-22(19)26-23(28)20-9-7-11-27(16-20)24(29)21-13-17(2)12-18(3)14-21/h5-6,8,10,12-14,20,25H,4,7,9,11,15-16H2,1-3H3,(H,26,28). The second-order valence-corrected chi connectivity index (χ2v) is 7.89. The zero-order chi connectivity index (χ0) is 20.8. The molecule has 1 unspecified atom stereocenters. The van der Waals surface area contributed by atoms with Gasteiger partial charge < -0.3 is 15.5 Å². The van der Waals surface area contributed by atoms with Crippen LogP contribution in [0.5, 0.6) is 0 Å². The van der Waals surface area contributed by atoms with Crippen LogP contribution in [0.15, 0.2) is 42.5 Å². The van der Waals surface area contributed by atoms with Gasteiger partial charge in [-0.25, -0.2) is 0 Å². The molecule has 3 rings (SSSR count). The molecule has 1 heterocycles. The van der Waals surface area contributed by atoms with E-state index in [1.165, 1.54) is 0 Å². The van der Waals surface area contributed by atoms with E-state index < -0.39 is 0 Å². The second-order valence-electron chi connectivity index (χ2n) is 7.89. The first-order valence-corrected chi connectivity index (χ1v) is 10.4. The molecule has 0 spiro atoms. The molecule has 2 aromatic carbocycles. The monoisotopic (exact) mass is 393 g/mol. The minimum Gasteiger partial charge on any atom is -0.338 e. The van der Waals surface area contributed by atoms with Crippen LogP contribution in [0, 0.1) is 19.8 Å². The number of benzene rings is 2. The topological polar surface area (TPSA) is 61.4 Å². The zero-order valence-corrected chi connectivity index (χ0v) is 17.6. The first kappa shape index (κ1) is 21.1. The average Bonchev–Trinajstić information content (AvgIpc) is 2.72. The lowest BCUT2D eigenvalue weighted by Crippen LogP contribution is -2.43. The minimum atomic E-state index is -0.189. The van der Waals surface area contributed by atoms with Gasteiger partial charge in [0.15, 0.2) is 0 Å². The fourth-order valence-corrected chi connectivity index (χ4v) is 3.95. The number of hydrogen-bond donors (Lipinski definition) is 2. The van der Waals surface area contributed by atoms with Crippen molar-refractivity contribution < 1.29 is 9.59 Å². The van der Waals surface area contributed by atoms with Gasteiger partial charge >= 0.3 is 0 Å². The summed E-state index contributed by atoms with van der Waals surface area (Å²) in [4.78, 5) is 27.8. The van der Waals surface area contributed by atoms with E-state index in [0.29, 0.717) is 18.7 Å². The molecule has 0 bridgehead atoms. The van der Waals surface area contributed by atoms with Crippen LogP contribution in [0.3, 0.4) is 0 Å². The first-order valence-electron chi connectivity index (χ1n) is 10.4. The minimum absolute atomic E-state index is 0.00753. The molecule has 2 aromatic rings. The van der Waals surface area contributed by atoms with E-state index in [4.69, 9.17) is 0 Å². The van der Waals surface area contributed by atoms with Gasteiger partial charge in [-0.2, -0.15) is 0 Å². The molecule has 5 nitrogen and oxygen atoms in total. The van der Waals surface area contributed by atoms with Crippen molar-refractivity contribution in [2.75, 3.05) is 25.0 Å². The lowest BCUT2D eigenvalue weighted by Gasteiger charge is -2.32. The zero-order valence-electron chi connectivity index (χ0n) is 17.6. The third kappa shape index (κ3) is 5.45. The number of para-hydroxylation sites is 1. The number of nitrogens with one attached hydrogen (secondary N) is 2. The van der Waals surface area contributed by atoms with Crippen LogP contribution >= 0.6 is 0 Å². The van der Waals surface area contributed by atoms with Crippen molar-refractivity contribution in [1.82, 2.24) is 10.2 Å². The molecule has 1 atom stereocenters. The Morgan fingerprint density at radius 1 is 1.10 bits per heavy atom. The van der Waals surface area contributed by atoms with E-state index in [9.17, 15) is 9.59 Å². The number of piperidine rings is 1. The van der Waals surface area contributed by atoms with Gasteiger partial charge in [0.05, 0.1) is 5.92 Å². The summed E-state index contributed by atoms with van der Waals surface area (Å²) in [6, 6.07) is 13.8. The van der Waals surface area contributed by atoms with Crippen LogP contribution in [0.2, 0.25) is 0 Å². The van der Waals surface area contributed by atoms with Crippen LogP contribution in [0.1, 0.15) is 46.8 Å². The summed E-state index contributed by atoms with van der Waals surface area (Å²) in [7, 11) is 0. The Kier molecular flexibility index (Phi) is 7.04. The number of likely N-dealkylation sites (tertiary alicyclic amines) is 1. The van der Waals surface area contributed by atoms with Crippen LogP contribution in [0.25, 0.3) is 0 Å². The predicted octanol–water partition coefficient (Wildman–Crippen LogP) is 3.90. The molecule has 2 N–H and O–H groups in total. The van der Waals surface area contributed by atoms with Gasteiger partial charge in [-0.1, -0.05) is 42.3 Å². The van der Waals surface area contributed by atoms with E-state index in [-0.39, 0.29) is 17.7 Å². The summed E-state index contributed by atoms with van der Waals surface area (Å²) >= 11 is 0. The van der Waals surface area contributed by atoms with E-state index in [1.807, 2.05) is 55.1 Å². The largest absolute Gasteiger partial charge is 0.338 e. The van der Waals surface area contributed by atoms with Gasteiger partial charge in [0.2, 0.25) is 5.91 Å². The molecule has 1 saturated heterocycles. The van der Waals surface area contributed by atoms with Gasteiger partial charge in [0.1, 0.15) is 0 Å². The molecular weight excluding hydrogens is 362 g/mol. The molecule has 1 fully saturated rings. The Hall–Kier alpha value is -2.66. The van der Waals surface area contributed by atoms with Crippen molar-refractivity contribution in [3.8, 4) is 0 Å². The van der Waals surface area contributed by atoms with Gasteiger partial charge in [-0.15, -0.1) is 0 Å². The molecule has 1 aliphatic rings. The SMILES string of the molecule is CCNCc1ccccc1NC(=O)C1CCCN(C(=O)c2cc(C)cc(C)c2)C1. The Morgan fingerprint density at radius 3 is 2.55 bits per heavy atom. The van der Waals surface area contributed by atoms with Crippen LogP contribution < -0.4 is 10.6 Å². The van der Waals surface area contributed by atoms with Crippen molar-refractivity contribution in [3.05, 3.63) is 64.7 Å². The van der Waals surface area contributed by atoms with Gasteiger partial charge in [0.25, 0.3) is 5.91 Å². The normalized spacial score (nSPS) is 16.5. The Labute approximate surface area is 173 Å². The maximum absolute atomic E-state index is 13.0. The molecular formula is C24H31N3O2. The molecule has 1 aliphatic heterocycles. The molecule has 5 heteroatoms. The third-order valence-corrected chi connectivity index (χ3v) is 5.39. The van der Waals surface area contributed by atoms with Crippen molar-refractivity contribution >= 4 is 17.5 Å². The van der Waals surface area contributed by atoms with Gasteiger partial charge in [0, 0.05) is 30.9 Å². The maximum atomic E-state index is 13.0. The number of amides is 2. The summed E-state index contributed by atoms with van der Waals surface area (Å²) in [6.07, 6.45) is 1.64. The molecule has 0 radical (unpaired) electrons. The van der Waals surface area contributed by atoms with Gasteiger partial charge in [-0.05, 0) is 57.0 Å². The Bertz CT molecular complexity index is 858. The van der Waals surface area contributed by atoms with Crippen molar-refractivity contribution in [2.24, 2.45) is 5.92 Å². The number of nitrogens with zero attached hydrogens (tertiary/aromatic N) is 1. The summed E-state index contributed by atoms with van der Waals surface area (Å²) < 4.78 is 0. The van der Waals surface area contributed by atoms with E-state index >= 15 is 0 Å². The number of carbonyl (C=O) groups is 2. The number of hydrogen-bond acceptors (Lipinski definition) is 3. The van der Waals surface area contributed by atoms with Crippen molar-refractivity contribution in [3.63, 3.8) is 0 Å². The second kappa shape index (κ2) is 9.70. The van der Waals surface area contributed by atoms with E-state index in [0.717, 1.165) is 48.3 Å². The van der Waals surface area contributed by atoms with Gasteiger partial charge in [-0.3, -0.25) is 9.59 Å². The fraction of sp³-hybridized carbons (Fsp3) is 0.417. The van der Waals surface area contributed by atoms with Crippen molar-refractivity contribution in [1.29, 1.82) is 0 Å². The number of rotatable bonds is 6. The number of anilines is 1. The summed E-state index contributed by atoms with van der Waals surface area (Å²) in [5.74, 6) is -0.181. The molecule has 29 heavy (non-hydrogen) atoms. The van der Waals surface area contributed by atoms with E-state index in [2.05, 4.69) is 23.6 Å². The van der Waals surface area contributed by atoms with Crippen LogP contribution in [0.4, 0.5) is 5.69 Å². The predicted molar refractivity (Wildman–Crippen MR) is 117 cm³/mol. The highest BCUT2D eigenvalue weighted by molar-refractivity contribution is 5.96. The molecule has 2 amide bonds. The lowest BCUT2D eigenvalue weighted by molar-refractivity contribution is -0.121. The molecule has 154 valence electrons. The van der Waals surface area contributed by atoms with Crippen LogP contribution in [-0.4, -0.2) is 36.3 Å². The Morgan fingerprint density at radius 2 is 1.83 bits per heavy atom. The van der Waals surface area contributed by atoms with E-state index in [1.54, 1.807) is 0 Å². The number of carbonyl (C=O) groups excluding carboxylic acids is 2. The summed E-state index contributed by atoms with van der Waals surface area (Å²) in [5.41, 5.74) is 4.78. The van der Waals surface area contributed by atoms with Crippen molar-refractivity contribution in [2.45, 2.75) is 40.2 Å². The fourth-order valence-electron chi connectivity index (χ4n) is 3.95. The molecule has 0 aliphatic carbocycles. The average molecular weight is 394 g/mol. The summed E-state index contributed by atoms with van der Waals surface area (Å²) in [6.45, 7) is 8.82. The quantitative estimate of drug-likeness (QED) is 0.782. The maximum Gasteiger partial charge on any atom is 0.253 e. The highest BCUT2D eigenvalue weighted by atomic mass is 16.2. The third-order valence-electron chi connectivity index (χ3n) is 5.39. The van der Waals surface area contributed by atoms with Crippen LogP contribution in [-0.2, 0) is 11.3 Å². The highest BCUT2D eigenvalue weighted by Gasteiger charge is 2.29. The molecule has 0 aromatic heterocycles. The Balaban J connectivity index is 1.67. The summed E-state index contributed by atoms with van der Waals surface area (Å²) in [5, 5.41) is 6.39. The first-order chi connectivity index (χ1) is 14.0. The molecule has 0 saturated carbocycles.